The summed E-state index contributed by atoms with van der Waals surface area (Å²) in [5, 5.41) is 9.96. The molecular formula is C24H17BrClNO3. The minimum Gasteiger partial charge on any atom is -0.478 e. The lowest BCUT2D eigenvalue weighted by atomic mass is 9.92. The third-order valence-electron chi connectivity index (χ3n) is 6.10. The highest BCUT2D eigenvalue weighted by Gasteiger charge is 2.67. The molecule has 1 spiro atoms. The molecule has 2 aliphatic rings. The normalized spacial score (nSPS) is 21.7. The molecule has 1 N–H and O–H groups in total. The van der Waals surface area contributed by atoms with Gasteiger partial charge < -0.3 is 10.0 Å². The number of benzene rings is 3. The van der Waals surface area contributed by atoms with Gasteiger partial charge in [0.25, 0.3) is 0 Å². The summed E-state index contributed by atoms with van der Waals surface area (Å²) in [4.78, 5) is 26.8. The molecule has 1 heterocycles. The number of amides is 1. The standard InChI is InChI=1S/C24H17BrClNO3/c25-17-6-9-21-19(11-17)24(12-20(24)15-4-7-18(26)8-5-15)23(30)27(21)13-14-2-1-3-16(10-14)22(28)29/h1-11,20H,12-13H2,(H,28,29)/t20?,24-/m1/s1. The van der Waals surface area contributed by atoms with Crippen LogP contribution in [0.15, 0.2) is 71.2 Å². The van der Waals surface area contributed by atoms with Crippen LogP contribution in [0.25, 0.3) is 0 Å². The minimum atomic E-state index is -0.976. The number of hydrogen-bond acceptors (Lipinski definition) is 2. The molecule has 5 rings (SSSR count). The van der Waals surface area contributed by atoms with Gasteiger partial charge in [-0.15, -0.1) is 0 Å². The van der Waals surface area contributed by atoms with Gasteiger partial charge in [0.05, 0.1) is 17.5 Å². The largest absolute Gasteiger partial charge is 0.478 e. The molecule has 1 unspecified atom stereocenters. The molecule has 1 saturated carbocycles. The van der Waals surface area contributed by atoms with Crippen LogP contribution in [0.1, 0.15) is 39.4 Å². The molecule has 4 nitrogen and oxygen atoms in total. The predicted octanol–water partition coefficient (Wildman–Crippen LogP) is 5.77. The predicted molar refractivity (Wildman–Crippen MR) is 119 cm³/mol. The van der Waals surface area contributed by atoms with Gasteiger partial charge >= 0.3 is 5.97 Å². The van der Waals surface area contributed by atoms with Crippen molar-refractivity contribution in [3.05, 3.63) is 98.5 Å². The topological polar surface area (TPSA) is 57.6 Å². The molecule has 2 atom stereocenters. The van der Waals surface area contributed by atoms with Crippen molar-refractivity contribution in [1.82, 2.24) is 0 Å². The van der Waals surface area contributed by atoms with Gasteiger partial charge in [0.2, 0.25) is 5.91 Å². The van der Waals surface area contributed by atoms with Crippen LogP contribution in [0.5, 0.6) is 0 Å². The zero-order chi connectivity index (χ0) is 21.0. The summed E-state index contributed by atoms with van der Waals surface area (Å²) < 4.78 is 0.935. The Labute approximate surface area is 187 Å². The summed E-state index contributed by atoms with van der Waals surface area (Å²) in [6, 6.07) is 20.4. The lowest BCUT2D eigenvalue weighted by Gasteiger charge is -2.19. The molecule has 3 aromatic carbocycles. The first kappa shape index (κ1) is 19.3. The van der Waals surface area contributed by atoms with Gasteiger partial charge in [-0.2, -0.15) is 0 Å². The second-order valence-corrected chi connectivity index (χ2v) is 9.19. The number of carbonyl (C=O) groups is 2. The van der Waals surface area contributed by atoms with E-state index in [2.05, 4.69) is 15.9 Å². The van der Waals surface area contributed by atoms with Gasteiger partial charge in [-0.25, -0.2) is 4.79 Å². The number of aromatic carboxylic acids is 1. The molecular weight excluding hydrogens is 466 g/mol. The van der Waals surface area contributed by atoms with Gasteiger partial charge in [0, 0.05) is 21.1 Å². The Bertz CT molecular complexity index is 1190. The Morgan fingerprint density at radius 2 is 1.90 bits per heavy atom. The molecule has 6 heteroatoms. The number of fused-ring (bicyclic) bond motifs is 2. The fourth-order valence-electron chi connectivity index (χ4n) is 4.60. The van der Waals surface area contributed by atoms with Crippen molar-refractivity contribution in [2.45, 2.75) is 24.3 Å². The van der Waals surface area contributed by atoms with E-state index in [1.54, 1.807) is 23.1 Å². The van der Waals surface area contributed by atoms with Crippen LogP contribution in [0, 0.1) is 0 Å². The van der Waals surface area contributed by atoms with Crippen molar-refractivity contribution in [2.75, 3.05) is 4.90 Å². The lowest BCUT2D eigenvalue weighted by molar-refractivity contribution is -0.120. The number of nitrogens with zero attached hydrogens (tertiary/aromatic N) is 1. The first-order valence-electron chi connectivity index (χ1n) is 9.60. The number of carboxylic acid groups (broad SMARTS) is 1. The third kappa shape index (κ3) is 2.96. The highest BCUT2D eigenvalue weighted by Crippen LogP contribution is 2.66. The van der Waals surface area contributed by atoms with E-state index in [0.29, 0.717) is 11.6 Å². The average Bonchev–Trinajstić information content (AvgIpc) is 3.45. The number of anilines is 1. The maximum atomic E-state index is 13.7. The van der Waals surface area contributed by atoms with Crippen LogP contribution in [0.4, 0.5) is 5.69 Å². The van der Waals surface area contributed by atoms with Crippen molar-refractivity contribution in [3.8, 4) is 0 Å². The Hall–Kier alpha value is -2.63. The molecule has 1 amide bonds. The highest BCUT2D eigenvalue weighted by molar-refractivity contribution is 9.10. The van der Waals surface area contributed by atoms with E-state index in [-0.39, 0.29) is 17.4 Å². The minimum absolute atomic E-state index is 0.0660. The number of halogens is 2. The van der Waals surface area contributed by atoms with Gasteiger partial charge in [0.15, 0.2) is 0 Å². The Balaban J connectivity index is 1.54. The fourth-order valence-corrected chi connectivity index (χ4v) is 5.09. The fraction of sp³-hybridized carbons (Fsp3) is 0.167. The number of rotatable bonds is 4. The number of carboxylic acids is 1. The number of hydrogen-bond donors (Lipinski definition) is 1. The molecule has 1 aliphatic carbocycles. The van der Waals surface area contributed by atoms with Gasteiger partial charge in [-0.1, -0.05) is 51.8 Å². The van der Waals surface area contributed by atoms with E-state index in [1.807, 2.05) is 48.5 Å². The average molecular weight is 483 g/mol. The van der Waals surface area contributed by atoms with E-state index < -0.39 is 11.4 Å². The summed E-state index contributed by atoms with van der Waals surface area (Å²) in [6.07, 6.45) is 0.753. The maximum absolute atomic E-state index is 13.7. The zero-order valence-corrected chi connectivity index (χ0v) is 18.2. The summed E-state index contributed by atoms with van der Waals surface area (Å²) in [5.74, 6) is -0.808. The van der Waals surface area contributed by atoms with Crippen LogP contribution in [0.2, 0.25) is 5.02 Å². The number of carbonyl (C=O) groups excluding carboxylic acids is 1. The Kier molecular flexibility index (Phi) is 4.49. The molecule has 3 aromatic rings. The maximum Gasteiger partial charge on any atom is 0.335 e. The van der Waals surface area contributed by atoms with Gasteiger partial charge in [-0.3, -0.25) is 4.79 Å². The van der Waals surface area contributed by atoms with Crippen LogP contribution in [0.3, 0.4) is 0 Å². The van der Waals surface area contributed by atoms with Gasteiger partial charge in [0.1, 0.15) is 0 Å². The van der Waals surface area contributed by atoms with E-state index >= 15 is 0 Å². The van der Waals surface area contributed by atoms with E-state index in [0.717, 1.165) is 33.3 Å². The molecule has 0 radical (unpaired) electrons. The van der Waals surface area contributed by atoms with Gasteiger partial charge in [-0.05, 0) is 65.6 Å². The first-order valence-corrected chi connectivity index (χ1v) is 10.8. The smallest absolute Gasteiger partial charge is 0.335 e. The van der Waals surface area contributed by atoms with Crippen LogP contribution in [-0.4, -0.2) is 17.0 Å². The second-order valence-electron chi connectivity index (χ2n) is 7.84. The molecule has 0 saturated heterocycles. The van der Waals surface area contributed by atoms with E-state index in [4.69, 9.17) is 11.6 Å². The van der Waals surface area contributed by atoms with E-state index in [1.165, 1.54) is 0 Å². The molecule has 0 aromatic heterocycles. The first-order chi connectivity index (χ1) is 14.4. The lowest BCUT2D eigenvalue weighted by Crippen LogP contribution is -2.32. The summed E-state index contributed by atoms with van der Waals surface area (Å²) in [5.41, 5.74) is 3.45. The molecule has 150 valence electrons. The Morgan fingerprint density at radius 1 is 1.13 bits per heavy atom. The van der Waals surface area contributed by atoms with Crippen molar-refractivity contribution in [2.24, 2.45) is 0 Å². The molecule has 30 heavy (non-hydrogen) atoms. The van der Waals surface area contributed by atoms with Crippen LogP contribution < -0.4 is 4.90 Å². The second kappa shape index (κ2) is 6.96. The summed E-state index contributed by atoms with van der Waals surface area (Å²) in [7, 11) is 0. The highest BCUT2D eigenvalue weighted by atomic mass is 79.9. The van der Waals surface area contributed by atoms with Crippen molar-refractivity contribution in [1.29, 1.82) is 0 Å². The summed E-state index contributed by atoms with van der Waals surface area (Å²) >= 11 is 9.59. The molecule has 0 bridgehead atoms. The van der Waals surface area contributed by atoms with Crippen LogP contribution >= 0.6 is 27.5 Å². The molecule has 1 fully saturated rings. The summed E-state index contributed by atoms with van der Waals surface area (Å²) in [6.45, 7) is 0.337. The van der Waals surface area contributed by atoms with E-state index in [9.17, 15) is 14.7 Å². The SMILES string of the molecule is O=C(O)c1cccc(CN2C(=O)[C@]3(CC3c3ccc(Cl)cc3)c3cc(Br)ccc32)c1. The monoisotopic (exact) mass is 481 g/mol. The molecule has 1 aliphatic heterocycles. The third-order valence-corrected chi connectivity index (χ3v) is 6.85. The Morgan fingerprint density at radius 3 is 2.63 bits per heavy atom. The van der Waals surface area contributed by atoms with Crippen molar-refractivity contribution < 1.29 is 14.7 Å². The zero-order valence-electron chi connectivity index (χ0n) is 15.8. The quantitative estimate of drug-likeness (QED) is 0.513. The van der Waals surface area contributed by atoms with Crippen molar-refractivity contribution >= 4 is 45.1 Å². The van der Waals surface area contributed by atoms with Crippen LogP contribution in [-0.2, 0) is 16.8 Å². The van der Waals surface area contributed by atoms with Crippen molar-refractivity contribution in [3.63, 3.8) is 0 Å².